The van der Waals surface area contributed by atoms with Crippen LogP contribution in [0.15, 0.2) is 11.0 Å². The van der Waals surface area contributed by atoms with Crippen LogP contribution in [0.4, 0.5) is 0 Å². The van der Waals surface area contributed by atoms with Gasteiger partial charge in [-0.15, -0.1) is 11.3 Å². The van der Waals surface area contributed by atoms with Gasteiger partial charge in [0.1, 0.15) is 0 Å². The van der Waals surface area contributed by atoms with E-state index in [0.29, 0.717) is 30.6 Å². The third kappa shape index (κ3) is 5.34. The van der Waals surface area contributed by atoms with E-state index >= 15 is 0 Å². The van der Waals surface area contributed by atoms with Crippen LogP contribution in [0.3, 0.4) is 0 Å². The van der Waals surface area contributed by atoms with Crippen LogP contribution in [-0.4, -0.2) is 46.5 Å². The summed E-state index contributed by atoms with van der Waals surface area (Å²) in [4.78, 5) is 4.44. The number of sulfonamides is 1. The summed E-state index contributed by atoms with van der Waals surface area (Å²) in [5, 5.41) is 3.04. The van der Waals surface area contributed by atoms with Crippen LogP contribution in [0, 0.1) is 6.92 Å². The van der Waals surface area contributed by atoms with Crippen LogP contribution in [0.25, 0.3) is 0 Å². The topological polar surface area (TPSA) is 61.4 Å². The van der Waals surface area contributed by atoms with E-state index in [-0.39, 0.29) is 0 Å². The second kappa shape index (κ2) is 8.24. The molecule has 0 aromatic carbocycles. The number of hydrogen-bond donors (Lipinski definition) is 2. The molecule has 0 aliphatic rings. The Morgan fingerprint density at radius 3 is 2.67 bits per heavy atom. The zero-order valence-corrected chi connectivity index (χ0v) is 15.2. The Hall–Kier alpha value is -0.470. The molecule has 1 aromatic rings. The normalized spacial score (nSPS) is 13.8. The molecular formula is C14H27N3O2S2. The van der Waals surface area contributed by atoms with Gasteiger partial charge in [0, 0.05) is 35.4 Å². The molecule has 0 bridgehead atoms. The molecule has 0 aliphatic heterocycles. The zero-order valence-electron chi connectivity index (χ0n) is 13.6. The van der Waals surface area contributed by atoms with Crippen LogP contribution < -0.4 is 10.0 Å². The lowest BCUT2D eigenvalue weighted by Gasteiger charge is -2.23. The molecule has 122 valence electrons. The number of likely N-dealkylation sites (N-methyl/N-ethyl adjacent to an activating group) is 1. The molecule has 0 amide bonds. The minimum Gasteiger partial charge on any atom is -0.315 e. The maximum Gasteiger partial charge on any atom is 0.241 e. The summed E-state index contributed by atoms with van der Waals surface area (Å²) in [7, 11) is 0.460. The SMILES string of the molecule is CCC(C)N(C)CCNS(=O)(=O)c1cc(CNC)sc1C. The first-order valence-corrected chi connectivity index (χ1v) is 9.55. The molecule has 5 nitrogen and oxygen atoms in total. The number of hydrogen-bond acceptors (Lipinski definition) is 5. The average Bonchev–Trinajstić information content (AvgIpc) is 2.79. The van der Waals surface area contributed by atoms with Gasteiger partial charge in [-0.25, -0.2) is 13.1 Å². The van der Waals surface area contributed by atoms with E-state index in [9.17, 15) is 8.42 Å². The molecule has 1 rings (SSSR count). The van der Waals surface area contributed by atoms with Crippen LogP contribution in [-0.2, 0) is 16.6 Å². The molecule has 1 unspecified atom stereocenters. The van der Waals surface area contributed by atoms with E-state index in [1.165, 1.54) is 11.3 Å². The molecule has 1 aromatic heterocycles. The summed E-state index contributed by atoms with van der Waals surface area (Å²) in [6.45, 7) is 7.95. The second-order valence-corrected chi connectivity index (χ2v) is 8.38. The van der Waals surface area contributed by atoms with E-state index in [0.717, 1.165) is 16.2 Å². The molecule has 21 heavy (non-hydrogen) atoms. The van der Waals surface area contributed by atoms with Gasteiger partial charge in [0.05, 0.1) is 4.90 Å². The van der Waals surface area contributed by atoms with Gasteiger partial charge in [-0.1, -0.05) is 6.92 Å². The van der Waals surface area contributed by atoms with Gasteiger partial charge in [0.15, 0.2) is 0 Å². The summed E-state index contributed by atoms with van der Waals surface area (Å²) >= 11 is 1.52. The summed E-state index contributed by atoms with van der Waals surface area (Å²) in [6.07, 6.45) is 1.06. The van der Waals surface area contributed by atoms with Crippen molar-refractivity contribution in [2.45, 2.75) is 44.7 Å². The highest BCUT2D eigenvalue weighted by Crippen LogP contribution is 2.25. The molecule has 0 saturated carbocycles. The van der Waals surface area contributed by atoms with Gasteiger partial charge in [-0.05, 0) is 40.4 Å². The van der Waals surface area contributed by atoms with Crippen molar-refractivity contribution in [1.29, 1.82) is 0 Å². The number of nitrogens with one attached hydrogen (secondary N) is 2. The minimum atomic E-state index is -3.41. The first-order chi connectivity index (χ1) is 9.81. The molecule has 7 heteroatoms. The molecule has 0 fully saturated rings. The van der Waals surface area contributed by atoms with E-state index in [4.69, 9.17) is 0 Å². The fraction of sp³-hybridized carbons (Fsp3) is 0.714. The minimum absolute atomic E-state index is 0.406. The zero-order chi connectivity index (χ0) is 16.0. The predicted molar refractivity (Wildman–Crippen MR) is 89.4 cm³/mol. The van der Waals surface area contributed by atoms with Gasteiger partial charge in [-0.3, -0.25) is 0 Å². The third-order valence-corrected chi connectivity index (χ3v) is 6.43. The summed E-state index contributed by atoms with van der Waals surface area (Å²) in [5.74, 6) is 0. The summed E-state index contributed by atoms with van der Waals surface area (Å²) in [6, 6.07) is 2.22. The highest BCUT2D eigenvalue weighted by atomic mass is 32.2. The van der Waals surface area contributed by atoms with Crippen molar-refractivity contribution in [2.24, 2.45) is 0 Å². The van der Waals surface area contributed by atoms with Crippen molar-refractivity contribution in [1.82, 2.24) is 14.9 Å². The molecular weight excluding hydrogens is 306 g/mol. The van der Waals surface area contributed by atoms with Gasteiger partial charge < -0.3 is 10.2 Å². The van der Waals surface area contributed by atoms with Crippen molar-refractivity contribution in [3.8, 4) is 0 Å². The lowest BCUT2D eigenvalue weighted by molar-refractivity contribution is 0.256. The van der Waals surface area contributed by atoms with Gasteiger partial charge in [0.25, 0.3) is 0 Å². The lowest BCUT2D eigenvalue weighted by atomic mass is 10.2. The largest absolute Gasteiger partial charge is 0.315 e. The first-order valence-electron chi connectivity index (χ1n) is 7.25. The van der Waals surface area contributed by atoms with Crippen molar-refractivity contribution in [3.63, 3.8) is 0 Å². The van der Waals surface area contributed by atoms with E-state index in [2.05, 4.69) is 28.8 Å². The molecule has 0 spiro atoms. The maximum absolute atomic E-state index is 12.3. The molecule has 0 saturated heterocycles. The molecule has 2 N–H and O–H groups in total. The molecule has 1 atom stereocenters. The van der Waals surface area contributed by atoms with Crippen molar-refractivity contribution in [2.75, 3.05) is 27.2 Å². The van der Waals surface area contributed by atoms with Gasteiger partial charge in [0.2, 0.25) is 10.0 Å². The molecule has 0 radical (unpaired) electrons. The maximum atomic E-state index is 12.3. The number of rotatable bonds is 9. The Morgan fingerprint density at radius 2 is 2.10 bits per heavy atom. The highest BCUT2D eigenvalue weighted by molar-refractivity contribution is 7.89. The van der Waals surface area contributed by atoms with Gasteiger partial charge >= 0.3 is 0 Å². The first kappa shape index (κ1) is 18.6. The Morgan fingerprint density at radius 1 is 1.43 bits per heavy atom. The fourth-order valence-corrected chi connectivity index (χ4v) is 4.68. The van der Waals surface area contributed by atoms with E-state index < -0.39 is 10.0 Å². The monoisotopic (exact) mass is 333 g/mol. The number of aryl methyl sites for hydroxylation is 1. The van der Waals surface area contributed by atoms with Gasteiger partial charge in [-0.2, -0.15) is 0 Å². The highest BCUT2D eigenvalue weighted by Gasteiger charge is 2.19. The molecule has 0 aliphatic carbocycles. The Labute approximate surface area is 132 Å². The third-order valence-electron chi connectivity index (χ3n) is 3.66. The standard InChI is InChI=1S/C14H27N3O2S2/c1-6-11(2)17(5)8-7-16-21(18,19)14-9-13(10-15-4)20-12(14)3/h9,11,15-16H,6-8,10H2,1-5H3. The fourth-order valence-electron chi connectivity index (χ4n) is 2.02. The second-order valence-electron chi connectivity index (χ2n) is 5.30. The molecule has 1 heterocycles. The number of nitrogens with zero attached hydrogens (tertiary/aromatic N) is 1. The quantitative estimate of drug-likeness (QED) is 0.723. The van der Waals surface area contributed by atoms with Crippen LogP contribution in [0.1, 0.15) is 30.0 Å². The Bertz CT molecular complexity index is 540. The van der Waals surface area contributed by atoms with Crippen molar-refractivity contribution in [3.05, 3.63) is 15.8 Å². The Balaban J connectivity index is 2.65. The predicted octanol–water partition coefficient (Wildman–Crippen LogP) is 1.78. The average molecular weight is 334 g/mol. The Kier molecular flexibility index (Phi) is 7.29. The summed E-state index contributed by atoms with van der Waals surface area (Å²) < 4.78 is 27.4. The van der Waals surface area contributed by atoms with Crippen molar-refractivity contribution < 1.29 is 8.42 Å². The van der Waals surface area contributed by atoms with Crippen LogP contribution >= 0.6 is 11.3 Å². The smallest absolute Gasteiger partial charge is 0.241 e. The lowest BCUT2D eigenvalue weighted by Crippen LogP contribution is -2.37. The summed E-state index contributed by atoms with van der Waals surface area (Å²) in [5.41, 5.74) is 0. The number of thiophene rings is 1. The van der Waals surface area contributed by atoms with Crippen LogP contribution in [0.2, 0.25) is 0 Å². The van der Waals surface area contributed by atoms with E-state index in [1.807, 2.05) is 21.0 Å². The van der Waals surface area contributed by atoms with Crippen LogP contribution in [0.5, 0.6) is 0 Å². The van der Waals surface area contributed by atoms with Crippen molar-refractivity contribution >= 4 is 21.4 Å². The van der Waals surface area contributed by atoms with E-state index in [1.54, 1.807) is 6.07 Å².